The molecule has 1 fully saturated rings. The lowest BCUT2D eigenvalue weighted by Gasteiger charge is -2.34. The van der Waals surface area contributed by atoms with Gasteiger partial charge in [-0.3, -0.25) is 9.89 Å². The Morgan fingerprint density at radius 1 is 1.38 bits per heavy atom. The van der Waals surface area contributed by atoms with Crippen molar-refractivity contribution in [2.75, 3.05) is 46.9 Å². The van der Waals surface area contributed by atoms with Crippen LogP contribution in [0, 0.1) is 11.7 Å². The summed E-state index contributed by atoms with van der Waals surface area (Å²) < 4.78 is 18.9. The molecule has 1 atom stereocenters. The number of halogens is 2. The number of nitrogens with zero attached hydrogens (tertiary/aromatic N) is 3. The summed E-state index contributed by atoms with van der Waals surface area (Å²) in [5, 5.41) is 3.39. The van der Waals surface area contributed by atoms with Gasteiger partial charge in [-0.25, -0.2) is 4.39 Å². The molecule has 2 rings (SSSR count). The van der Waals surface area contributed by atoms with Crippen molar-refractivity contribution in [3.8, 4) is 0 Å². The molecule has 0 spiro atoms. The number of morpholine rings is 1. The highest BCUT2D eigenvalue weighted by molar-refractivity contribution is 14.0. The Morgan fingerprint density at radius 2 is 2.08 bits per heavy atom. The van der Waals surface area contributed by atoms with E-state index >= 15 is 0 Å². The van der Waals surface area contributed by atoms with E-state index in [2.05, 4.69) is 29.1 Å². The van der Waals surface area contributed by atoms with Crippen molar-refractivity contribution >= 4 is 29.9 Å². The fourth-order valence-corrected chi connectivity index (χ4v) is 3.11. The largest absolute Gasteiger partial charge is 0.374 e. The molecule has 1 heterocycles. The van der Waals surface area contributed by atoms with E-state index in [0.29, 0.717) is 12.5 Å². The maximum atomic E-state index is 13.0. The number of guanidine groups is 1. The van der Waals surface area contributed by atoms with Crippen molar-refractivity contribution in [2.24, 2.45) is 10.9 Å². The number of ether oxygens (including phenoxy) is 1. The standard InChI is InChI=1S/C19H31FN4O.HI/c1-15(2)12-24-9-10-25-18(14-24)11-22-19(21-3)23(4)13-16-5-7-17(20)8-6-16;/h5-8,15,18H,9-14H2,1-4H3,(H,21,22);1H. The van der Waals surface area contributed by atoms with E-state index in [9.17, 15) is 4.39 Å². The van der Waals surface area contributed by atoms with Crippen LogP contribution in [0.4, 0.5) is 4.39 Å². The van der Waals surface area contributed by atoms with Gasteiger partial charge in [-0.1, -0.05) is 26.0 Å². The second-order valence-corrected chi connectivity index (χ2v) is 7.06. The summed E-state index contributed by atoms with van der Waals surface area (Å²) in [4.78, 5) is 8.84. The topological polar surface area (TPSA) is 40.1 Å². The van der Waals surface area contributed by atoms with Crippen molar-refractivity contribution < 1.29 is 9.13 Å². The van der Waals surface area contributed by atoms with Gasteiger partial charge in [0.2, 0.25) is 0 Å². The zero-order valence-electron chi connectivity index (χ0n) is 16.2. The molecule has 5 nitrogen and oxygen atoms in total. The molecule has 0 bridgehead atoms. The molecular formula is C19H32FIN4O. The van der Waals surface area contributed by atoms with Gasteiger partial charge in [-0.2, -0.15) is 0 Å². The van der Waals surface area contributed by atoms with Gasteiger partial charge in [0.25, 0.3) is 0 Å². The fraction of sp³-hybridized carbons (Fsp3) is 0.632. The Morgan fingerprint density at radius 3 is 2.69 bits per heavy atom. The maximum Gasteiger partial charge on any atom is 0.193 e. The van der Waals surface area contributed by atoms with Gasteiger partial charge < -0.3 is 15.0 Å². The average molecular weight is 478 g/mol. The van der Waals surface area contributed by atoms with Gasteiger partial charge in [0, 0.05) is 46.8 Å². The molecular weight excluding hydrogens is 446 g/mol. The zero-order chi connectivity index (χ0) is 18.2. The molecule has 0 radical (unpaired) electrons. The molecule has 7 heteroatoms. The van der Waals surface area contributed by atoms with Gasteiger partial charge in [0.1, 0.15) is 5.82 Å². The molecule has 148 valence electrons. The molecule has 1 aliphatic rings. The van der Waals surface area contributed by atoms with E-state index in [4.69, 9.17) is 4.74 Å². The van der Waals surface area contributed by atoms with Crippen LogP contribution in [0.5, 0.6) is 0 Å². The smallest absolute Gasteiger partial charge is 0.193 e. The monoisotopic (exact) mass is 478 g/mol. The minimum Gasteiger partial charge on any atom is -0.374 e. The number of nitrogens with one attached hydrogen (secondary N) is 1. The first-order valence-corrected chi connectivity index (χ1v) is 8.98. The third kappa shape index (κ3) is 7.75. The number of rotatable bonds is 6. The summed E-state index contributed by atoms with van der Waals surface area (Å²) >= 11 is 0. The van der Waals surface area contributed by atoms with E-state index in [1.165, 1.54) is 12.1 Å². The second-order valence-electron chi connectivity index (χ2n) is 7.06. The van der Waals surface area contributed by atoms with Crippen LogP contribution in [-0.4, -0.2) is 68.7 Å². The van der Waals surface area contributed by atoms with Crippen LogP contribution in [-0.2, 0) is 11.3 Å². The number of aliphatic imine (C=N–C) groups is 1. The number of hydrogen-bond acceptors (Lipinski definition) is 3. The van der Waals surface area contributed by atoms with Gasteiger partial charge in [0.05, 0.1) is 12.7 Å². The fourth-order valence-electron chi connectivity index (χ4n) is 3.11. The minimum atomic E-state index is -0.214. The lowest BCUT2D eigenvalue weighted by atomic mass is 10.2. The molecule has 1 N–H and O–H groups in total. The summed E-state index contributed by atoms with van der Waals surface area (Å²) in [6.45, 7) is 9.74. The molecule has 1 aliphatic heterocycles. The van der Waals surface area contributed by atoms with Crippen LogP contribution < -0.4 is 5.32 Å². The zero-order valence-corrected chi connectivity index (χ0v) is 18.6. The van der Waals surface area contributed by atoms with Crippen molar-refractivity contribution in [3.63, 3.8) is 0 Å². The van der Waals surface area contributed by atoms with Gasteiger partial charge >= 0.3 is 0 Å². The molecule has 26 heavy (non-hydrogen) atoms. The summed E-state index contributed by atoms with van der Waals surface area (Å²) in [7, 11) is 3.75. The molecule has 1 aromatic carbocycles. The number of hydrogen-bond donors (Lipinski definition) is 1. The molecule has 1 aromatic rings. The Kier molecular flexibility index (Phi) is 10.4. The Bertz CT molecular complexity index is 553. The summed E-state index contributed by atoms with van der Waals surface area (Å²) in [6.07, 6.45) is 0.170. The molecule has 1 unspecified atom stereocenters. The van der Waals surface area contributed by atoms with Crippen LogP contribution >= 0.6 is 24.0 Å². The molecule has 1 saturated heterocycles. The van der Waals surface area contributed by atoms with Crippen molar-refractivity contribution in [2.45, 2.75) is 26.5 Å². The molecule has 0 aliphatic carbocycles. The van der Waals surface area contributed by atoms with E-state index in [1.54, 1.807) is 19.2 Å². The summed E-state index contributed by atoms with van der Waals surface area (Å²) in [5.41, 5.74) is 1.05. The van der Waals surface area contributed by atoms with E-state index < -0.39 is 0 Å². The summed E-state index contributed by atoms with van der Waals surface area (Å²) in [6, 6.07) is 6.57. The first-order chi connectivity index (χ1) is 12.0. The molecule has 0 aromatic heterocycles. The normalized spacial score (nSPS) is 18.5. The molecule has 0 amide bonds. The van der Waals surface area contributed by atoms with E-state index in [-0.39, 0.29) is 35.9 Å². The third-order valence-corrected chi connectivity index (χ3v) is 4.24. The highest BCUT2D eigenvalue weighted by Crippen LogP contribution is 2.08. The second kappa shape index (κ2) is 11.7. The minimum absolute atomic E-state index is 0. The van der Waals surface area contributed by atoms with Crippen LogP contribution in [0.3, 0.4) is 0 Å². The first-order valence-electron chi connectivity index (χ1n) is 8.98. The highest BCUT2D eigenvalue weighted by atomic mass is 127. The Hall–Kier alpha value is -0.930. The first kappa shape index (κ1) is 23.1. The Balaban J connectivity index is 0.00000338. The van der Waals surface area contributed by atoms with E-state index in [0.717, 1.165) is 44.3 Å². The predicted octanol–water partition coefficient (Wildman–Crippen LogP) is 2.81. The average Bonchev–Trinajstić information content (AvgIpc) is 2.57. The number of benzene rings is 1. The third-order valence-electron chi connectivity index (χ3n) is 4.24. The highest BCUT2D eigenvalue weighted by Gasteiger charge is 2.21. The van der Waals surface area contributed by atoms with Crippen LogP contribution in [0.25, 0.3) is 0 Å². The SMILES string of the molecule is CN=C(NCC1CN(CC(C)C)CCO1)N(C)Cc1ccc(F)cc1.I. The predicted molar refractivity (Wildman–Crippen MR) is 116 cm³/mol. The quantitative estimate of drug-likeness (QED) is 0.388. The van der Waals surface area contributed by atoms with Crippen LogP contribution in [0.1, 0.15) is 19.4 Å². The molecule has 0 saturated carbocycles. The lowest BCUT2D eigenvalue weighted by molar-refractivity contribution is -0.0286. The van der Waals surface area contributed by atoms with E-state index in [1.807, 2.05) is 11.9 Å². The van der Waals surface area contributed by atoms with Gasteiger partial charge in [0.15, 0.2) is 5.96 Å². The summed E-state index contributed by atoms with van der Waals surface area (Å²) in [5.74, 6) is 1.27. The van der Waals surface area contributed by atoms with Crippen molar-refractivity contribution in [1.82, 2.24) is 15.1 Å². The van der Waals surface area contributed by atoms with Crippen molar-refractivity contribution in [1.29, 1.82) is 0 Å². The lowest BCUT2D eigenvalue weighted by Crippen LogP contribution is -2.50. The van der Waals surface area contributed by atoms with Crippen molar-refractivity contribution in [3.05, 3.63) is 35.6 Å². The maximum absolute atomic E-state index is 13.0. The Labute approximate surface area is 174 Å². The van der Waals surface area contributed by atoms with Gasteiger partial charge in [-0.05, 0) is 23.6 Å². The van der Waals surface area contributed by atoms with Gasteiger partial charge in [-0.15, -0.1) is 24.0 Å². The van der Waals surface area contributed by atoms with Crippen LogP contribution in [0.2, 0.25) is 0 Å². The van der Waals surface area contributed by atoms with Crippen LogP contribution in [0.15, 0.2) is 29.3 Å².